The molecule has 0 atom stereocenters. The SMILES string of the molecule is O=[N+]([O-])c1cccc(-n2c(O)c(/C=C3\C(c4ccccc4)=Nc4ccccc43)sc2=S)c1. The zero-order valence-electron chi connectivity index (χ0n) is 16.5. The molecular formula is C24H15N3O3S2. The minimum Gasteiger partial charge on any atom is -0.493 e. The van der Waals surface area contributed by atoms with E-state index >= 15 is 0 Å². The molecule has 0 fully saturated rings. The molecule has 3 aromatic carbocycles. The lowest BCUT2D eigenvalue weighted by Gasteiger charge is -2.07. The predicted octanol–water partition coefficient (Wildman–Crippen LogP) is 6.56. The zero-order chi connectivity index (χ0) is 22.2. The van der Waals surface area contributed by atoms with Crippen molar-refractivity contribution < 1.29 is 10.0 Å². The van der Waals surface area contributed by atoms with Gasteiger partial charge in [0, 0.05) is 28.8 Å². The lowest BCUT2D eigenvalue weighted by atomic mass is 9.97. The number of nitro groups is 1. The average Bonchev–Trinajstić information content (AvgIpc) is 3.31. The molecule has 2 heterocycles. The molecule has 1 aromatic heterocycles. The number of hydrogen-bond acceptors (Lipinski definition) is 6. The third-order valence-electron chi connectivity index (χ3n) is 5.12. The summed E-state index contributed by atoms with van der Waals surface area (Å²) in [7, 11) is 0. The van der Waals surface area contributed by atoms with Gasteiger partial charge < -0.3 is 5.11 Å². The monoisotopic (exact) mass is 457 g/mol. The predicted molar refractivity (Wildman–Crippen MR) is 130 cm³/mol. The first-order valence-electron chi connectivity index (χ1n) is 9.68. The third kappa shape index (κ3) is 3.45. The number of aliphatic imine (C=N–C) groups is 1. The Morgan fingerprint density at radius 3 is 2.56 bits per heavy atom. The van der Waals surface area contributed by atoms with Crippen LogP contribution in [0.15, 0.2) is 83.9 Å². The minimum atomic E-state index is -0.475. The second-order valence-electron chi connectivity index (χ2n) is 7.07. The maximum atomic E-state index is 11.2. The lowest BCUT2D eigenvalue weighted by Crippen LogP contribution is -1.99. The van der Waals surface area contributed by atoms with Crippen LogP contribution in [0.25, 0.3) is 17.3 Å². The molecule has 0 radical (unpaired) electrons. The van der Waals surface area contributed by atoms with E-state index in [9.17, 15) is 15.2 Å². The fraction of sp³-hybridized carbons (Fsp3) is 0. The summed E-state index contributed by atoms with van der Waals surface area (Å²) in [6, 6.07) is 23.7. The fourth-order valence-electron chi connectivity index (χ4n) is 3.65. The van der Waals surface area contributed by atoms with Gasteiger partial charge in [-0.15, -0.1) is 11.3 Å². The number of rotatable bonds is 4. The van der Waals surface area contributed by atoms with Crippen LogP contribution >= 0.6 is 23.6 Å². The molecule has 0 saturated carbocycles. The van der Waals surface area contributed by atoms with Gasteiger partial charge in [0.2, 0.25) is 5.88 Å². The number of aromatic hydroxyl groups is 1. The highest BCUT2D eigenvalue weighted by Gasteiger charge is 2.23. The second kappa shape index (κ2) is 7.99. The summed E-state index contributed by atoms with van der Waals surface area (Å²) in [5, 5.41) is 22.2. The summed E-state index contributed by atoms with van der Waals surface area (Å²) >= 11 is 6.72. The molecule has 5 rings (SSSR count). The Labute approximate surface area is 192 Å². The maximum absolute atomic E-state index is 11.2. The van der Waals surface area contributed by atoms with E-state index in [0.29, 0.717) is 14.5 Å². The van der Waals surface area contributed by atoms with Crippen LogP contribution in [-0.2, 0) is 0 Å². The Morgan fingerprint density at radius 1 is 1.03 bits per heavy atom. The van der Waals surface area contributed by atoms with Crippen LogP contribution in [0.3, 0.4) is 0 Å². The van der Waals surface area contributed by atoms with E-state index in [-0.39, 0.29) is 11.6 Å². The number of aromatic nitrogens is 1. The van der Waals surface area contributed by atoms with Gasteiger partial charge in [0.1, 0.15) is 0 Å². The van der Waals surface area contributed by atoms with Crippen LogP contribution in [0.5, 0.6) is 5.88 Å². The number of nitro benzene ring substituents is 1. The van der Waals surface area contributed by atoms with Gasteiger partial charge in [-0.25, -0.2) is 4.99 Å². The molecule has 1 N–H and O–H groups in total. The summed E-state index contributed by atoms with van der Waals surface area (Å²) in [4.78, 5) is 16.1. The maximum Gasteiger partial charge on any atom is 0.271 e. The van der Waals surface area contributed by atoms with Gasteiger partial charge in [-0.1, -0.05) is 54.6 Å². The van der Waals surface area contributed by atoms with E-state index in [1.165, 1.54) is 28.0 Å². The van der Waals surface area contributed by atoms with Crippen molar-refractivity contribution in [3.05, 3.63) is 109 Å². The number of fused-ring (bicyclic) bond motifs is 1. The number of hydrogen-bond donors (Lipinski definition) is 1. The van der Waals surface area contributed by atoms with Crippen molar-refractivity contribution in [1.82, 2.24) is 4.57 Å². The van der Waals surface area contributed by atoms with Crippen molar-refractivity contribution in [3.8, 4) is 11.6 Å². The standard InChI is InChI=1S/C24H15N3O3S2/c28-23-21(32-24(31)26(23)16-9-6-10-17(13-16)27(29)30)14-19-18-11-4-5-12-20(18)25-22(19)15-7-2-1-3-8-15/h1-14,28H/b19-14-. The minimum absolute atomic E-state index is 0.0650. The molecule has 0 saturated heterocycles. The highest BCUT2D eigenvalue weighted by molar-refractivity contribution is 7.73. The van der Waals surface area contributed by atoms with E-state index in [0.717, 1.165) is 28.1 Å². The number of thiazole rings is 1. The van der Waals surface area contributed by atoms with Gasteiger partial charge in [-0.3, -0.25) is 14.7 Å². The Kier molecular flexibility index (Phi) is 5.01. The first-order valence-corrected chi connectivity index (χ1v) is 10.9. The van der Waals surface area contributed by atoms with Crippen molar-refractivity contribution in [2.24, 2.45) is 4.99 Å². The summed E-state index contributed by atoms with van der Waals surface area (Å²) < 4.78 is 1.83. The first-order chi connectivity index (χ1) is 15.5. The van der Waals surface area contributed by atoms with Gasteiger partial charge in [-0.2, -0.15) is 0 Å². The summed E-state index contributed by atoms with van der Waals surface area (Å²) in [5.41, 5.74) is 4.85. The molecule has 6 nitrogen and oxygen atoms in total. The smallest absolute Gasteiger partial charge is 0.271 e. The van der Waals surface area contributed by atoms with E-state index in [1.807, 2.05) is 60.7 Å². The molecule has 0 unspecified atom stereocenters. The van der Waals surface area contributed by atoms with Crippen molar-refractivity contribution in [3.63, 3.8) is 0 Å². The highest BCUT2D eigenvalue weighted by Crippen LogP contribution is 2.40. The number of nitrogens with zero attached hydrogens (tertiary/aromatic N) is 3. The quantitative estimate of drug-likeness (QED) is 0.214. The number of allylic oxidation sites excluding steroid dienone is 1. The van der Waals surface area contributed by atoms with Gasteiger partial charge in [0.15, 0.2) is 3.95 Å². The number of para-hydroxylation sites is 1. The molecule has 0 amide bonds. The van der Waals surface area contributed by atoms with Crippen LogP contribution in [0.1, 0.15) is 16.0 Å². The number of benzene rings is 3. The summed E-state index contributed by atoms with van der Waals surface area (Å²) in [6.45, 7) is 0. The van der Waals surface area contributed by atoms with Gasteiger partial charge in [-0.05, 0) is 30.4 Å². The molecule has 0 aliphatic carbocycles. The first kappa shape index (κ1) is 20.0. The van der Waals surface area contributed by atoms with Gasteiger partial charge in [0.25, 0.3) is 5.69 Å². The Bertz CT molecular complexity index is 1480. The molecule has 4 aromatic rings. The molecule has 8 heteroatoms. The fourth-order valence-corrected chi connectivity index (χ4v) is 4.94. The molecular weight excluding hydrogens is 442 g/mol. The normalized spacial score (nSPS) is 13.8. The number of non-ortho nitro benzene ring substituents is 1. The van der Waals surface area contributed by atoms with Crippen molar-refractivity contribution >= 4 is 52.3 Å². The topological polar surface area (TPSA) is 80.7 Å². The van der Waals surface area contributed by atoms with E-state index in [4.69, 9.17) is 17.2 Å². The Hall–Kier alpha value is -3.88. The van der Waals surface area contributed by atoms with E-state index in [2.05, 4.69) is 0 Å². The van der Waals surface area contributed by atoms with Crippen molar-refractivity contribution in [1.29, 1.82) is 0 Å². The lowest BCUT2D eigenvalue weighted by molar-refractivity contribution is -0.384. The van der Waals surface area contributed by atoms with Crippen LogP contribution in [0.4, 0.5) is 11.4 Å². The van der Waals surface area contributed by atoms with Crippen molar-refractivity contribution in [2.75, 3.05) is 0 Å². The highest BCUT2D eigenvalue weighted by atomic mass is 32.1. The third-order valence-corrected chi connectivity index (χ3v) is 6.43. The Morgan fingerprint density at radius 2 is 1.78 bits per heavy atom. The largest absolute Gasteiger partial charge is 0.493 e. The van der Waals surface area contributed by atoms with E-state index in [1.54, 1.807) is 12.1 Å². The Balaban J connectivity index is 1.66. The molecule has 1 aliphatic rings. The molecule has 32 heavy (non-hydrogen) atoms. The second-order valence-corrected chi connectivity index (χ2v) is 8.75. The zero-order valence-corrected chi connectivity index (χ0v) is 18.1. The van der Waals surface area contributed by atoms with E-state index < -0.39 is 4.92 Å². The molecule has 0 bridgehead atoms. The van der Waals surface area contributed by atoms with Crippen LogP contribution < -0.4 is 0 Å². The molecule has 156 valence electrons. The van der Waals surface area contributed by atoms with Crippen LogP contribution in [-0.4, -0.2) is 20.3 Å². The van der Waals surface area contributed by atoms with Gasteiger partial charge in [0.05, 0.1) is 26.9 Å². The van der Waals surface area contributed by atoms with Gasteiger partial charge >= 0.3 is 0 Å². The molecule has 1 aliphatic heterocycles. The van der Waals surface area contributed by atoms with Crippen LogP contribution in [0.2, 0.25) is 0 Å². The molecule has 0 spiro atoms. The van der Waals surface area contributed by atoms with Crippen molar-refractivity contribution in [2.45, 2.75) is 0 Å². The van der Waals surface area contributed by atoms with Crippen LogP contribution in [0, 0.1) is 14.1 Å². The summed E-state index contributed by atoms with van der Waals surface area (Å²) in [6.07, 6.45) is 1.88. The average molecular weight is 458 g/mol. The summed E-state index contributed by atoms with van der Waals surface area (Å²) in [5.74, 6) is -0.0650.